The van der Waals surface area contributed by atoms with Gasteiger partial charge in [-0.25, -0.2) is 9.59 Å². The molecule has 22 nitrogen and oxygen atoms in total. The van der Waals surface area contributed by atoms with Gasteiger partial charge in [0.1, 0.15) is 76.2 Å². The Labute approximate surface area is 520 Å². The highest BCUT2D eigenvalue weighted by Gasteiger charge is 2.60. The van der Waals surface area contributed by atoms with Gasteiger partial charge >= 0.3 is 17.9 Å². The van der Waals surface area contributed by atoms with E-state index in [4.69, 9.17) is 56.8 Å². The predicted molar refractivity (Wildman–Crippen MR) is 322 cm³/mol. The van der Waals surface area contributed by atoms with E-state index in [1.54, 1.807) is 40.2 Å². The van der Waals surface area contributed by atoms with Crippen molar-refractivity contribution in [3.8, 4) is 23.0 Å². The number of carboxylic acids is 1. The molecule has 1 aliphatic carbocycles. The molecule has 20 unspecified atom stereocenters. The summed E-state index contributed by atoms with van der Waals surface area (Å²) in [4.78, 5) is 49.5. The summed E-state index contributed by atoms with van der Waals surface area (Å²) in [5.41, 5.74) is -0.173. The number of allylic oxidation sites excluding steroid dienone is 2. The summed E-state index contributed by atoms with van der Waals surface area (Å²) in [6, 6.07) is 2.71. The number of hydrogen-bond donors (Lipinski definition) is 6. The molecule has 22 heteroatoms. The van der Waals surface area contributed by atoms with Crippen molar-refractivity contribution in [1.82, 2.24) is 0 Å². The number of aliphatic hydroxyl groups excluding tert-OH is 2. The third-order valence-electron chi connectivity index (χ3n) is 18.7. The van der Waals surface area contributed by atoms with Crippen molar-refractivity contribution in [3.63, 3.8) is 0 Å². The van der Waals surface area contributed by atoms with Crippen LogP contribution < -0.4 is 9.47 Å². The molecule has 0 saturated carbocycles. The van der Waals surface area contributed by atoms with E-state index >= 15 is 0 Å². The van der Waals surface area contributed by atoms with Crippen LogP contribution >= 0.6 is 0 Å². The lowest BCUT2D eigenvalue weighted by Crippen LogP contribution is -2.58. The van der Waals surface area contributed by atoms with Gasteiger partial charge in [-0.15, -0.1) is 0 Å². The maximum atomic E-state index is 14.3. The number of aliphatic hydroxyl groups is 3. The average Bonchev–Trinajstić information content (AvgIpc) is 1.74. The van der Waals surface area contributed by atoms with Gasteiger partial charge in [0, 0.05) is 57.3 Å². The topological polar surface area (TPSA) is 300 Å². The Morgan fingerprint density at radius 1 is 0.820 bits per heavy atom. The third-order valence-corrected chi connectivity index (χ3v) is 18.7. The number of fused-ring (bicyclic) bond motifs is 2. The van der Waals surface area contributed by atoms with Crippen LogP contribution in [-0.2, 0) is 52.2 Å². The summed E-state index contributed by atoms with van der Waals surface area (Å²) in [5, 5.41) is 63.7. The highest BCUT2D eigenvalue weighted by atomic mass is 16.7. The van der Waals surface area contributed by atoms with Crippen molar-refractivity contribution in [2.24, 2.45) is 23.7 Å². The van der Waals surface area contributed by atoms with Gasteiger partial charge in [0.15, 0.2) is 24.7 Å². The molecule has 0 radical (unpaired) electrons. The highest BCUT2D eigenvalue weighted by molar-refractivity contribution is 6.01. The zero-order valence-electron chi connectivity index (χ0n) is 53.3. The number of aromatic carboxylic acids is 1. The number of phenols is 2. The number of aromatic hydroxyl groups is 2. The quantitative estimate of drug-likeness (QED) is 0.0477. The number of aldehydes is 1. The Hall–Kier alpha value is -5.86. The molecule has 2 aromatic carbocycles. The zero-order valence-corrected chi connectivity index (χ0v) is 53.3. The van der Waals surface area contributed by atoms with E-state index in [2.05, 4.69) is 39.8 Å². The Balaban J connectivity index is 0.000000317. The molecule has 2 bridgehead atoms. The van der Waals surface area contributed by atoms with E-state index in [9.17, 15) is 49.8 Å². The molecule has 20 atom stereocenters. The first-order chi connectivity index (χ1) is 42.1. The summed E-state index contributed by atoms with van der Waals surface area (Å²) in [6.45, 7) is 20.4. The number of carbonyl (C=O) groups is 4. The van der Waals surface area contributed by atoms with E-state index in [-0.39, 0.29) is 82.0 Å². The molecule has 7 aliphatic rings. The van der Waals surface area contributed by atoms with Gasteiger partial charge in [-0.1, -0.05) is 70.6 Å². The van der Waals surface area contributed by atoms with Crippen LogP contribution in [0.3, 0.4) is 0 Å². The Morgan fingerprint density at radius 3 is 2.16 bits per heavy atom. The standard InChI is InChI=1S/C48H72O14.C19H18O8/c1-11-25(2)43-28(5)17-18-47(62-43)23-34-20-33(61-47)16-15-27(4)42(26(3)13-12-14-32-24-55-45-40(49)29(6)19-35(46(51)58-34)48(32,45)52)59-39-22-37(54-10)44(31(8)57-39)60-38-21-36(53-9)41(50)30(7)56-38;1-8-5-13(26-4)11(7-20)17(22)14(8)19(25)27-12-6-9(2)16(21)15(10(12)3)18(23)24/h12-15,17-19,25-26,28,30-31,33-45,49-50,52H,11,16,20-24H2,1-10H3;5-7,21-22H,1-4H3,(H,23,24). The molecule has 6 heterocycles. The minimum absolute atomic E-state index is 0.0317. The highest BCUT2D eigenvalue weighted by Crippen LogP contribution is 2.48. The summed E-state index contributed by atoms with van der Waals surface area (Å²) in [5.74, 6) is -5.94. The summed E-state index contributed by atoms with van der Waals surface area (Å²) >= 11 is 0. The monoisotopic (exact) mass is 1250 g/mol. The van der Waals surface area contributed by atoms with Crippen molar-refractivity contribution < 1.29 is 107 Å². The maximum Gasteiger partial charge on any atom is 0.347 e. The molecule has 9 rings (SSSR count). The fraction of sp³-hybridized carbons (Fsp3) is 0.612. The van der Waals surface area contributed by atoms with Gasteiger partial charge in [0.05, 0.1) is 62.0 Å². The lowest BCUT2D eigenvalue weighted by atomic mass is 9.71. The van der Waals surface area contributed by atoms with E-state index < -0.39 is 114 Å². The van der Waals surface area contributed by atoms with Gasteiger partial charge < -0.3 is 87.5 Å². The third kappa shape index (κ3) is 14.4. The van der Waals surface area contributed by atoms with Crippen molar-refractivity contribution >= 4 is 24.2 Å². The largest absolute Gasteiger partial charge is 0.507 e. The molecule has 6 N–H and O–H groups in total. The number of phenolic OH excluding ortho intramolecular Hbond substituents is 1. The van der Waals surface area contributed by atoms with Crippen LogP contribution in [0.4, 0.5) is 0 Å². The lowest BCUT2D eigenvalue weighted by molar-refractivity contribution is -0.318. The molecule has 2 aromatic rings. The predicted octanol–water partition coefficient (Wildman–Crippen LogP) is 8.14. The number of rotatable bonds is 13. The number of ether oxygens (including phenoxy) is 12. The molecule has 490 valence electrons. The van der Waals surface area contributed by atoms with Crippen LogP contribution in [0, 0.1) is 44.4 Å². The van der Waals surface area contributed by atoms with Crippen molar-refractivity contribution in [2.75, 3.05) is 27.9 Å². The van der Waals surface area contributed by atoms with Crippen LogP contribution in [-0.4, -0.2) is 180 Å². The van der Waals surface area contributed by atoms with Crippen molar-refractivity contribution in [1.29, 1.82) is 0 Å². The first-order valence-corrected chi connectivity index (χ1v) is 30.6. The molecule has 89 heavy (non-hydrogen) atoms. The molecular formula is C67H90O22. The second-order valence-corrected chi connectivity index (χ2v) is 24.8. The second-order valence-electron chi connectivity index (χ2n) is 24.8. The minimum Gasteiger partial charge on any atom is -0.507 e. The SMILES string of the molecule is CCC(C)C1OC2(C=CC1C)CC1CC(CC=C(C)C(OC3CC(OC)C(OC4CC(OC)C(O)C(C)O4)C(C)O3)C(C)C=CC=C3COC4C(O)C(C)=CC(C(=O)O1)C34O)O2.COc1cc(C)c(C(=O)Oc2cc(C)c(O)c(C(=O)O)c2C)c(O)c1C=O. The Bertz CT molecular complexity index is 3070. The van der Waals surface area contributed by atoms with Crippen LogP contribution in [0.2, 0.25) is 0 Å². The summed E-state index contributed by atoms with van der Waals surface area (Å²) in [6.07, 6.45) is 8.90. The van der Waals surface area contributed by atoms with Crippen molar-refractivity contribution in [3.05, 3.63) is 105 Å². The van der Waals surface area contributed by atoms with E-state index in [0.717, 1.165) is 12.0 Å². The van der Waals surface area contributed by atoms with E-state index in [1.165, 1.54) is 40.0 Å². The fourth-order valence-electron chi connectivity index (χ4n) is 13.3. The maximum absolute atomic E-state index is 14.3. The summed E-state index contributed by atoms with van der Waals surface area (Å²) < 4.78 is 73.9. The fourth-order valence-corrected chi connectivity index (χ4v) is 13.3. The number of methoxy groups -OCH3 is 3. The van der Waals surface area contributed by atoms with E-state index in [1.807, 2.05) is 32.1 Å². The van der Waals surface area contributed by atoms with Gasteiger partial charge in [0.25, 0.3) is 0 Å². The second kappa shape index (κ2) is 28.8. The molecular weight excluding hydrogens is 1160 g/mol. The number of esters is 2. The number of carboxylic acid groups (broad SMARTS) is 1. The number of carbonyl (C=O) groups excluding carboxylic acids is 3. The molecule has 1 spiro atoms. The number of benzene rings is 2. The molecule has 0 aromatic heterocycles. The Kier molecular flexibility index (Phi) is 22.3. The zero-order chi connectivity index (χ0) is 65.1. The van der Waals surface area contributed by atoms with E-state index in [0.29, 0.717) is 55.1 Å². The lowest BCUT2D eigenvalue weighted by Gasteiger charge is -2.48. The smallest absolute Gasteiger partial charge is 0.347 e. The minimum atomic E-state index is -1.84. The Morgan fingerprint density at radius 2 is 1.49 bits per heavy atom. The molecule has 4 saturated heterocycles. The normalized spacial score (nSPS) is 35.9. The number of hydrogen-bond acceptors (Lipinski definition) is 21. The molecule has 4 fully saturated rings. The average molecular weight is 1250 g/mol. The van der Waals surface area contributed by atoms with Gasteiger partial charge in [-0.05, 0) is 107 Å². The first kappa shape index (κ1) is 69.0. The van der Waals surface area contributed by atoms with Crippen LogP contribution in [0.15, 0.2) is 71.4 Å². The molecule has 0 amide bonds. The van der Waals surface area contributed by atoms with Crippen molar-refractivity contribution in [2.45, 2.75) is 212 Å². The van der Waals surface area contributed by atoms with Gasteiger partial charge in [-0.3, -0.25) is 9.59 Å². The molecule has 6 aliphatic heterocycles. The van der Waals surface area contributed by atoms with Gasteiger partial charge in [0.2, 0.25) is 0 Å². The first-order valence-electron chi connectivity index (χ1n) is 30.6. The van der Waals surface area contributed by atoms with Crippen LogP contribution in [0.25, 0.3) is 0 Å². The van der Waals surface area contributed by atoms with Gasteiger partial charge in [-0.2, -0.15) is 0 Å². The number of aryl methyl sites for hydroxylation is 2. The van der Waals surface area contributed by atoms with Crippen LogP contribution in [0.5, 0.6) is 23.0 Å². The van der Waals surface area contributed by atoms with Crippen LogP contribution in [0.1, 0.15) is 142 Å². The summed E-state index contributed by atoms with van der Waals surface area (Å²) in [7, 11) is 4.53.